The Hall–Kier alpha value is -4.03. The Kier molecular flexibility index (Phi) is 9.00. The fraction of sp³-hybridized carbons (Fsp3) is 0.407. The van der Waals surface area contributed by atoms with Gasteiger partial charge in [-0.1, -0.05) is 17.7 Å². The van der Waals surface area contributed by atoms with Crippen molar-refractivity contribution in [2.75, 3.05) is 39.0 Å². The molecule has 3 aromatic rings. The molecule has 40 heavy (non-hydrogen) atoms. The number of anilines is 1. The van der Waals surface area contributed by atoms with Crippen LogP contribution in [0, 0.1) is 0 Å². The van der Waals surface area contributed by atoms with E-state index in [9.17, 15) is 9.59 Å². The molecule has 4 rings (SSSR count). The van der Waals surface area contributed by atoms with Crippen LogP contribution in [-0.4, -0.2) is 88.7 Å². The molecule has 1 aliphatic rings. The van der Waals surface area contributed by atoms with E-state index in [1.54, 1.807) is 33.9 Å². The number of carbonyl (C=O) groups is 2. The predicted molar refractivity (Wildman–Crippen MR) is 157 cm³/mol. The fourth-order valence-electron chi connectivity index (χ4n) is 4.44. The van der Waals surface area contributed by atoms with Crippen LogP contribution in [0.5, 0.6) is 0 Å². The van der Waals surface area contributed by atoms with E-state index >= 15 is 0 Å². The van der Waals surface area contributed by atoms with E-state index < -0.39 is 5.91 Å². The van der Waals surface area contributed by atoms with Gasteiger partial charge in [0.05, 0.1) is 11.6 Å². The third-order valence-electron chi connectivity index (χ3n) is 6.91. The van der Waals surface area contributed by atoms with E-state index in [-0.39, 0.29) is 35.1 Å². The standard InChI is InChI=1S/C27H34ClN9O3/c1-16(2)35(5)12-7-9-21(38)36-13-6-8-18(15-36)37-25(31-4)22(24(29)30-3)23(34-37)26(39)33-27-32-19-14-17(28)10-11-20(19)40-27/h7,9-11,14,16,18H,4,6,8,12-13,15H2,1-3,5H3,(H2,29,30)(H,32,33,39)/b9-7+/t18-/m1/s1. The summed E-state index contributed by atoms with van der Waals surface area (Å²) in [4.78, 5) is 42.7. The number of hydrogen-bond acceptors (Lipinski definition) is 8. The molecule has 0 aliphatic carbocycles. The van der Waals surface area contributed by atoms with E-state index in [0.717, 1.165) is 12.8 Å². The average Bonchev–Trinajstić information content (AvgIpc) is 3.53. The van der Waals surface area contributed by atoms with Crippen molar-refractivity contribution in [1.82, 2.24) is 24.6 Å². The number of aliphatic imine (C=N–C) groups is 2. The van der Waals surface area contributed by atoms with Crippen LogP contribution in [0.1, 0.15) is 48.8 Å². The van der Waals surface area contributed by atoms with Crippen LogP contribution in [0.2, 0.25) is 5.02 Å². The van der Waals surface area contributed by atoms with E-state index in [1.165, 1.54) is 7.05 Å². The number of amidine groups is 1. The molecule has 2 amide bonds. The minimum atomic E-state index is -0.608. The highest BCUT2D eigenvalue weighted by atomic mass is 35.5. The Morgan fingerprint density at radius 2 is 2.17 bits per heavy atom. The van der Waals surface area contributed by atoms with Gasteiger partial charge >= 0.3 is 6.01 Å². The molecule has 1 saturated heterocycles. The topological polar surface area (TPSA) is 147 Å². The first kappa shape index (κ1) is 29.0. The van der Waals surface area contributed by atoms with Crippen molar-refractivity contribution < 1.29 is 14.0 Å². The number of oxazole rings is 1. The van der Waals surface area contributed by atoms with E-state index in [0.29, 0.717) is 47.6 Å². The van der Waals surface area contributed by atoms with Crippen molar-refractivity contribution in [3.05, 3.63) is 46.6 Å². The molecular formula is C27H34ClN9O3. The first-order valence-corrected chi connectivity index (χ1v) is 13.4. The number of amides is 2. The zero-order valence-corrected chi connectivity index (χ0v) is 23.9. The molecular weight excluding hydrogens is 534 g/mol. The van der Waals surface area contributed by atoms with Gasteiger partial charge in [-0.2, -0.15) is 10.1 Å². The number of halogens is 1. The van der Waals surface area contributed by atoms with Crippen molar-refractivity contribution >= 4 is 58.9 Å². The summed E-state index contributed by atoms with van der Waals surface area (Å²) in [5, 5.41) is 7.72. The lowest BCUT2D eigenvalue weighted by Crippen LogP contribution is -2.40. The quantitative estimate of drug-likeness (QED) is 0.228. The lowest BCUT2D eigenvalue weighted by atomic mass is 10.1. The van der Waals surface area contributed by atoms with E-state index in [1.807, 2.05) is 13.1 Å². The molecule has 0 unspecified atom stereocenters. The van der Waals surface area contributed by atoms with Crippen molar-refractivity contribution in [3.8, 4) is 0 Å². The molecule has 212 valence electrons. The summed E-state index contributed by atoms with van der Waals surface area (Å²) in [6.45, 7) is 9.58. The number of piperidine rings is 1. The van der Waals surface area contributed by atoms with Crippen LogP contribution in [0.4, 0.5) is 11.8 Å². The average molecular weight is 568 g/mol. The zero-order valence-electron chi connectivity index (χ0n) is 23.1. The second-order valence-electron chi connectivity index (χ2n) is 9.86. The molecule has 13 heteroatoms. The van der Waals surface area contributed by atoms with Crippen LogP contribution in [0.15, 0.2) is 44.8 Å². The SMILES string of the molecule is C=Nc1c(/C(N)=N\C)c(C(=O)Nc2nc3cc(Cl)ccc3o2)nn1[C@@H]1CCCN(C(=O)/C=C/CN(C)C(C)C)C1. The maximum Gasteiger partial charge on any atom is 0.302 e. The molecule has 1 fully saturated rings. The maximum absolute atomic E-state index is 13.4. The van der Waals surface area contributed by atoms with Crippen LogP contribution in [-0.2, 0) is 4.79 Å². The molecule has 3 heterocycles. The van der Waals surface area contributed by atoms with Gasteiger partial charge in [-0.25, -0.2) is 9.67 Å². The van der Waals surface area contributed by atoms with Gasteiger partial charge in [-0.15, -0.1) is 0 Å². The number of rotatable bonds is 9. The summed E-state index contributed by atoms with van der Waals surface area (Å²) in [7, 11) is 3.52. The number of hydrogen-bond donors (Lipinski definition) is 2. The Morgan fingerprint density at radius 1 is 1.40 bits per heavy atom. The van der Waals surface area contributed by atoms with Crippen LogP contribution in [0.3, 0.4) is 0 Å². The highest BCUT2D eigenvalue weighted by Gasteiger charge is 2.32. The molecule has 1 atom stereocenters. The van der Waals surface area contributed by atoms with Gasteiger partial charge in [0, 0.05) is 43.8 Å². The number of nitrogens with two attached hydrogens (primary N) is 1. The second-order valence-corrected chi connectivity index (χ2v) is 10.3. The monoisotopic (exact) mass is 567 g/mol. The third kappa shape index (κ3) is 6.23. The third-order valence-corrected chi connectivity index (χ3v) is 7.14. The summed E-state index contributed by atoms with van der Waals surface area (Å²) in [6.07, 6.45) is 4.96. The van der Waals surface area contributed by atoms with E-state index in [2.05, 4.69) is 50.8 Å². The Labute approximate surface area is 237 Å². The first-order chi connectivity index (χ1) is 19.1. The molecule has 12 nitrogen and oxygen atoms in total. The van der Waals surface area contributed by atoms with Crippen LogP contribution >= 0.6 is 11.6 Å². The Bertz CT molecular complexity index is 1470. The van der Waals surface area contributed by atoms with Gasteiger partial charge in [-0.3, -0.25) is 19.9 Å². The number of carbonyl (C=O) groups excluding carboxylic acids is 2. The van der Waals surface area contributed by atoms with Gasteiger partial charge in [0.1, 0.15) is 11.4 Å². The second kappa shape index (κ2) is 12.4. The number of fused-ring (bicyclic) bond motifs is 1. The Balaban J connectivity index is 1.59. The molecule has 0 bridgehead atoms. The number of aromatic nitrogens is 3. The molecule has 0 spiro atoms. The van der Waals surface area contributed by atoms with Crippen molar-refractivity contribution in [2.24, 2.45) is 15.7 Å². The smallest absolute Gasteiger partial charge is 0.302 e. The summed E-state index contributed by atoms with van der Waals surface area (Å²) >= 11 is 6.03. The molecule has 0 radical (unpaired) electrons. The van der Waals surface area contributed by atoms with Crippen molar-refractivity contribution in [3.63, 3.8) is 0 Å². The summed E-state index contributed by atoms with van der Waals surface area (Å²) in [6, 6.07) is 5.07. The van der Waals surface area contributed by atoms with Gasteiger partial charge in [0.15, 0.2) is 17.1 Å². The van der Waals surface area contributed by atoms with Gasteiger partial charge in [0.2, 0.25) is 5.91 Å². The number of likely N-dealkylation sites (tertiary alicyclic amines) is 1. The van der Waals surface area contributed by atoms with Crippen LogP contribution < -0.4 is 11.1 Å². The van der Waals surface area contributed by atoms with E-state index in [4.69, 9.17) is 21.8 Å². The Morgan fingerprint density at radius 3 is 2.88 bits per heavy atom. The number of nitrogens with one attached hydrogen (secondary N) is 1. The lowest BCUT2D eigenvalue weighted by Gasteiger charge is -2.32. The van der Waals surface area contributed by atoms with Gasteiger partial charge in [0.25, 0.3) is 5.91 Å². The van der Waals surface area contributed by atoms with Crippen LogP contribution in [0.25, 0.3) is 11.1 Å². The summed E-state index contributed by atoms with van der Waals surface area (Å²) in [5.41, 5.74) is 7.39. The largest absolute Gasteiger partial charge is 0.423 e. The molecule has 2 aromatic heterocycles. The summed E-state index contributed by atoms with van der Waals surface area (Å²) in [5.74, 6) is -0.315. The van der Waals surface area contributed by atoms with Crippen molar-refractivity contribution in [2.45, 2.75) is 38.8 Å². The maximum atomic E-state index is 13.4. The molecule has 0 saturated carbocycles. The molecule has 3 N–H and O–H groups in total. The predicted octanol–water partition coefficient (Wildman–Crippen LogP) is 3.66. The highest BCUT2D eigenvalue weighted by Crippen LogP contribution is 2.31. The summed E-state index contributed by atoms with van der Waals surface area (Å²) < 4.78 is 7.24. The van der Waals surface area contributed by atoms with Gasteiger partial charge < -0.3 is 20.0 Å². The minimum Gasteiger partial charge on any atom is -0.423 e. The highest BCUT2D eigenvalue weighted by molar-refractivity contribution is 6.31. The lowest BCUT2D eigenvalue weighted by molar-refractivity contribution is -0.127. The molecule has 1 aliphatic heterocycles. The molecule has 1 aromatic carbocycles. The minimum absolute atomic E-state index is 0.00847. The van der Waals surface area contributed by atoms with Crippen molar-refractivity contribution in [1.29, 1.82) is 0 Å². The van der Waals surface area contributed by atoms with Gasteiger partial charge in [-0.05, 0) is 58.7 Å². The zero-order chi connectivity index (χ0) is 29.0. The number of benzene rings is 1. The fourth-order valence-corrected chi connectivity index (χ4v) is 4.61. The first-order valence-electron chi connectivity index (χ1n) is 13.0. The normalized spacial score (nSPS) is 16.4. The number of likely N-dealkylation sites (N-methyl/N-ethyl adjacent to an activating group) is 1. The number of nitrogens with zero attached hydrogens (tertiary/aromatic N) is 7.